The van der Waals surface area contributed by atoms with Crippen molar-refractivity contribution in [2.75, 3.05) is 5.32 Å². The van der Waals surface area contributed by atoms with Gasteiger partial charge in [-0.15, -0.1) is 0 Å². The summed E-state index contributed by atoms with van der Waals surface area (Å²) < 4.78 is 1.37. The third-order valence-electron chi connectivity index (χ3n) is 7.95. The van der Waals surface area contributed by atoms with Gasteiger partial charge in [-0.1, -0.05) is 45.0 Å². The van der Waals surface area contributed by atoms with Gasteiger partial charge in [-0.25, -0.2) is 4.79 Å². The fraction of sp³-hybridized carbons (Fsp3) is 0.400. The molecule has 4 rings (SSSR count). The molecule has 9 heteroatoms. The Morgan fingerprint density at radius 2 is 1.85 bits per heavy atom. The number of likely N-dealkylation sites (tertiary alicyclic amines) is 1. The number of aliphatic hydroxyl groups is 1. The van der Waals surface area contributed by atoms with E-state index in [4.69, 9.17) is 0 Å². The summed E-state index contributed by atoms with van der Waals surface area (Å²) in [6.45, 7) is 7.56. The summed E-state index contributed by atoms with van der Waals surface area (Å²) in [4.78, 5) is 43.1. The van der Waals surface area contributed by atoms with Crippen molar-refractivity contribution in [3.05, 3.63) is 94.7 Å². The van der Waals surface area contributed by atoms with Gasteiger partial charge in [0.1, 0.15) is 12.1 Å². The maximum atomic E-state index is 12.7. The molecule has 206 valence electrons. The molecule has 0 bridgehead atoms. The third kappa shape index (κ3) is 5.45. The van der Waals surface area contributed by atoms with E-state index >= 15 is 0 Å². The molecule has 1 aliphatic rings. The second-order valence-corrected chi connectivity index (χ2v) is 11.2. The number of amides is 2. The van der Waals surface area contributed by atoms with E-state index in [2.05, 4.69) is 10.3 Å². The van der Waals surface area contributed by atoms with Crippen LogP contribution in [0, 0.1) is 5.41 Å². The van der Waals surface area contributed by atoms with Crippen LogP contribution in [0.2, 0.25) is 0 Å². The summed E-state index contributed by atoms with van der Waals surface area (Å²) in [6, 6.07) is 14.5. The van der Waals surface area contributed by atoms with Gasteiger partial charge in [0.15, 0.2) is 0 Å². The van der Waals surface area contributed by atoms with Crippen LogP contribution in [0.3, 0.4) is 0 Å². The van der Waals surface area contributed by atoms with E-state index in [-0.39, 0.29) is 17.5 Å². The van der Waals surface area contributed by atoms with E-state index in [1.165, 1.54) is 15.5 Å². The van der Waals surface area contributed by atoms with Gasteiger partial charge in [0.25, 0.3) is 5.56 Å². The lowest BCUT2D eigenvalue weighted by atomic mass is 9.67. The Kier molecular flexibility index (Phi) is 7.92. The smallest absolute Gasteiger partial charge is 0.408 e. The Hall–Kier alpha value is -3.98. The van der Waals surface area contributed by atoms with Gasteiger partial charge in [-0.2, -0.15) is 0 Å². The predicted octanol–water partition coefficient (Wildman–Crippen LogP) is 4.65. The molecule has 1 aliphatic heterocycles. The molecule has 2 amide bonds. The zero-order valence-corrected chi connectivity index (χ0v) is 22.7. The van der Waals surface area contributed by atoms with Gasteiger partial charge < -0.3 is 20.1 Å². The van der Waals surface area contributed by atoms with Crippen molar-refractivity contribution in [2.24, 2.45) is 5.41 Å². The second kappa shape index (κ2) is 11.0. The van der Waals surface area contributed by atoms with E-state index in [9.17, 15) is 24.6 Å². The van der Waals surface area contributed by atoms with Crippen LogP contribution in [-0.4, -0.2) is 48.2 Å². The SMILES string of the molecule is C[C@H](C(=O)Nc1ccc(C[C@@H]2CC[C@]([C@H](O)c3cccnc3)(C(C)(C)C)N2C(=O)O)cc1)n1ccccc1=O. The van der Waals surface area contributed by atoms with Crippen LogP contribution in [0.25, 0.3) is 0 Å². The quantitative estimate of drug-likeness (QED) is 0.407. The maximum absolute atomic E-state index is 12.7. The van der Waals surface area contributed by atoms with Crippen LogP contribution in [0.15, 0.2) is 78.0 Å². The number of aromatic nitrogens is 2. The number of hydrogen-bond donors (Lipinski definition) is 3. The number of carboxylic acid groups (broad SMARTS) is 1. The molecule has 4 atom stereocenters. The summed E-state index contributed by atoms with van der Waals surface area (Å²) in [5.41, 5.74) is 0.239. The molecule has 2 aromatic heterocycles. The van der Waals surface area contributed by atoms with Gasteiger partial charge in [0, 0.05) is 41.9 Å². The molecule has 3 aromatic rings. The summed E-state index contributed by atoms with van der Waals surface area (Å²) in [5.74, 6) is -0.316. The number of aliphatic hydroxyl groups excluding tert-OH is 1. The fourth-order valence-corrected chi connectivity index (χ4v) is 5.84. The zero-order valence-electron chi connectivity index (χ0n) is 22.7. The van der Waals surface area contributed by atoms with Crippen LogP contribution >= 0.6 is 0 Å². The third-order valence-corrected chi connectivity index (χ3v) is 7.95. The van der Waals surface area contributed by atoms with Crippen LogP contribution in [0.4, 0.5) is 10.5 Å². The molecule has 0 saturated carbocycles. The average molecular weight is 533 g/mol. The van der Waals surface area contributed by atoms with Crippen molar-refractivity contribution in [2.45, 2.75) is 70.7 Å². The molecule has 1 aromatic carbocycles. The molecular weight excluding hydrogens is 496 g/mol. The van der Waals surface area contributed by atoms with Crippen molar-refractivity contribution in [1.82, 2.24) is 14.5 Å². The molecule has 39 heavy (non-hydrogen) atoms. The zero-order chi connectivity index (χ0) is 28.4. The molecule has 1 saturated heterocycles. The highest BCUT2D eigenvalue weighted by Gasteiger charge is 2.59. The average Bonchev–Trinajstić information content (AvgIpc) is 3.30. The van der Waals surface area contributed by atoms with Crippen molar-refractivity contribution >= 4 is 17.7 Å². The minimum Gasteiger partial charge on any atom is -0.465 e. The summed E-state index contributed by atoms with van der Waals surface area (Å²) in [5, 5.41) is 24.8. The molecule has 9 nitrogen and oxygen atoms in total. The van der Waals surface area contributed by atoms with Crippen LogP contribution in [0.5, 0.6) is 0 Å². The first kappa shape index (κ1) is 28.0. The monoisotopic (exact) mass is 532 g/mol. The van der Waals surface area contributed by atoms with Gasteiger partial charge in [-0.3, -0.25) is 19.5 Å². The summed E-state index contributed by atoms with van der Waals surface area (Å²) >= 11 is 0. The number of rotatable bonds is 7. The number of pyridine rings is 2. The second-order valence-electron chi connectivity index (χ2n) is 11.2. The normalized spacial score (nSPS) is 20.8. The number of hydrogen-bond acceptors (Lipinski definition) is 5. The standard InChI is InChI=1S/C30H36N4O5/c1-20(33-17-6-5-9-25(33)35)27(37)32-23-12-10-21(11-13-23)18-24-14-15-30(29(2,3)4,34(24)28(38)39)26(36)22-8-7-16-31-19-22/h5-13,16-17,19-20,24,26,36H,14-15,18H2,1-4H3,(H,32,37)(H,38,39)/t20-,24+,26-,30+/m1/s1. The Balaban J connectivity index is 1.52. The lowest BCUT2D eigenvalue weighted by Crippen LogP contribution is -2.61. The van der Waals surface area contributed by atoms with Crippen LogP contribution in [0.1, 0.15) is 63.8 Å². The van der Waals surface area contributed by atoms with Crippen molar-refractivity contribution in [3.8, 4) is 0 Å². The van der Waals surface area contributed by atoms with E-state index in [0.717, 1.165) is 5.56 Å². The molecule has 0 spiro atoms. The lowest BCUT2D eigenvalue weighted by molar-refractivity contribution is -0.118. The minimum absolute atomic E-state index is 0.255. The number of nitrogens with zero attached hydrogens (tertiary/aromatic N) is 3. The van der Waals surface area contributed by atoms with Crippen molar-refractivity contribution in [1.29, 1.82) is 0 Å². The first-order chi connectivity index (χ1) is 18.5. The Labute approximate surface area is 228 Å². The van der Waals surface area contributed by atoms with Crippen molar-refractivity contribution < 1.29 is 19.8 Å². The molecule has 3 heterocycles. The highest BCUT2D eigenvalue weighted by atomic mass is 16.4. The Morgan fingerprint density at radius 3 is 2.44 bits per heavy atom. The highest BCUT2D eigenvalue weighted by molar-refractivity contribution is 5.93. The molecular formula is C30H36N4O5. The van der Waals surface area contributed by atoms with E-state index in [0.29, 0.717) is 30.5 Å². The molecule has 0 radical (unpaired) electrons. The van der Waals surface area contributed by atoms with Gasteiger partial charge in [0.05, 0.1) is 5.54 Å². The lowest BCUT2D eigenvalue weighted by Gasteiger charge is -2.51. The maximum Gasteiger partial charge on any atom is 0.408 e. The van der Waals surface area contributed by atoms with Crippen LogP contribution < -0.4 is 10.9 Å². The van der Waals surface area contributed by atoms with Crippen LogP contribution in [-0.2, 0) is 11.2 Å². The summed E-state index contributed by atoms with van der Waals surface area (Å²) in [6.07, 6.45) is 4.27. The van der Waals surface area contributed by atoms with E-state index in [1.54, 1.807) is 61.9 Å². The molecule has 1 fully saturated rings. The largest absolute Gasteiger partial charge is 0.465 e. The summed E-state index contributed by atoms with van der Waals surface area (Å²) in [7, 11) is 0. The van der Waals surface area contributed by atoms with Gasteiger partial charge >= 0.3 is 6.09 Å². The Bertz CT molecular complexity index is 1370. The number of benzene rings is 1. The van der Waals surface area contributed by atoms with Gasteiger partial charge in [-0.05, 0) is 61.4 Å². The molecule has 0 unspecified atom stereocenters. The predicted molar refractivity (Wildman–Crippen MR) is 148 cm³/mol. The van der Waals surface area contributed by atoms with Crippen molar-refractivity contribution in [3.63, 3.8) is 0 Å². The number of anilines is 1. The number of nitrogens with one attached hydrogen (secondary N) is 1. The van der Waals surface area contributed by atoms with Gasteiger partial charge in [0.2, 0.25) is 5.91 Å². The van der Waals surface area contributed by atoms with E-state index < -0.39 is 29.2 Å². The first-order valence-electron chi connectivity index (χ1n) is 13.1. The van der Waals surface area contributed by atoms with E-state index in [1.807, 2.05) is 32.9 Å². The highest BCUT2D eigenvalue weighted by Crippen LogP contribution is 2.53. The topological polar surface area (TPSA) is 125 Å². The molecule has 3 N–H and O–H groups in total. The number of carbonyl (C=O) groups excluding carboxylic acids is 1. The Morgan fingerprint density at radius 1 is 1.13 bits per heavy atom. The number of carbonyl (C=O) groups is 2. The molecule has 0 aliphatic carbocycles. The minimum atomic E-state index is -1.07. The first-order valence-corrected chi connectivity index (χ1v) is 13.1. The fourth-order valence-electron chi connectivity index (χ4n) is 5.84.